The molecule has 3 aliphatic rings. The Labute approximate surface area is 371 Å². The average molecular weight is 865 g/mol. The van der Waals surface area contributed by atoms with Gasteiger partial charge < -0.3 is 24.6 Å². The summed E-state index contributed by atoms with van der Waals surface area (Å²) in [7, 11) is 4.89. The molecular weight excluding hydrogens is 789 g/mol. The molecule has 0 unspecified atom stereocenters. The summed E-state index contributed by atoms with van der Waals surface area (Å²) in [4.78, 5) is 97.2. The maximum atomic E-state index is 14.5. The summed E-state index contributed by atoms with van der Waals surface area (Å²) in [5.41, 5.74) is -1.23. The first kappa shape index (κ1) is 52.1. The van der Waals surface area contributed by atoms with Gasteiger partial charge in [-0.2, -0.15) is 0 Å². The van der Waals surface area contributed by atoms with E-state index in [2.05, 4.69) is 17.5 Å². The lowest BCUT2D eigenvalue weighted by Gasteiger charge is -2.41. The molecule has 346 valence electrons. The number of hydrogen-bond donors (Lipinski definition) is 1. The van der Waals surface area contributed by atoms with Gasteiger partial charge in [-0.05, 0) is 70.1 Å². The number of ketones is 2. The molecule has 62 heavy (non-hydrogen) atoms. The molecule has 5 amide bonds. The Balaban J connectivity index is 1.62. The maximum absolute atomic E-state index is 14.5. The fraction of sp³-hybridized carbons (Fsp3) is 0.694. The molecule has 1 aliphatic carbocycles. The summed E-state index contributed by atoms with van der Waals surface area (Å²) in [6, 6.07) is -0.738. The summed E-state index contributed by atoms with van der Waals surface area (Å²) in [5.74, 6) is -2.46. The average Bonchev–Trinajstić information content (AvgIpc) is 3.74. The van der Waals surface area contributed by atoms with Gasteiger partial charge in [-0.25, -0.2) is 0 Å². The van der Waals surface area contributed by atoms with Crippen LogP contribution in [0.2, 0.25) is 0 Å². The van der Waals surface area contributed by atoms with Gasteiger partial charge in [0.2, 0.25) is 17.7 Å². The smallest absolute Gasteiger partial charge is 0.253 e. The first-order valence-corrected chi connectivity index (χ1v) is 22.9. The van der Waals surface area contributed by atoms with Gasteiger partial charge in [0.05, 0.1) is 36.3 Å². The van der Waals surface area contributed by atoms with Crippen molar-refractivity contribution >= 4 is 41.1 Å². The quantitative estimate of drug-likeness (QED) is 0.0714. The lowest BCUT2D eigenvalue weighted by molar-refractivity contribution is -0.149. The number of imide groups is 1. The van der Waals surface area contributed by atoms with Gasteiger partial charge in [0.1, 0.15) is 5.78 Å². The number of rotatable bonds is 27. The van der Waals surface area contributed by atoms with Gasteiger partial charge in [-0.15, -0.1) is 0 Å². The number of likely N-dealkylation sites (N-methyl/N-ethyl adjacent to an activating group) is 1. The number of unbranched alkanes of at least 4 members (excludes halogenated alkanes) is 2. The molecule has 1 N–H and O–H groups in total. The van der Waals surface area contributed by atoms with Crippen LogP contribution in [0.25, 0.3) is 0 Å². The van der Waals surface area contributed by atoms with Crippen LogP contribution < -0.4 is 5.32 Å². The van der Waals surface area contributed by atoms with Crippen molar-refractivity contribution < 1.29 is 43.0 Å². The number of hydrogen-bond acceptors (Lipinski definition) is 9. The number of carbonyl (C=O) groups is 7. The van der Waals surface area contributed by atoms with Crippen LogP contribution >= 0.6 is 0 Å². The van der Waals surface area contributed by atoms with Crippen molar-refractivity contribution in [1.29, 1.82) is 0 Å². The van der Waals surface area contributed by atoms with Crippen molar-refractivity contribution in [2.24, 2.45) is 29.6 Å². The molecule has 0 spiro atoms. The number of methoxy groups -OCH3 is 2. The third kappa shape index (κ3) is 14.7. The van der Waals surface area contributed by atoms with E-state index in [0.717, 1.165) is 25.7 Å². The second-order valence-electron chi connectivity index (χ2n) is 18.4. The van der Waals surface area contributed by atoms with Gasteiger partial charge in [0.25, 0.3) is 11.8 Å². The lowest BCUT2D eigenvalue weighted by atomic mass is 9.82. The Bertz CT molecular complexity index is 1650. The van der Waals surface area contributed by atoms with Gasteiger partial charge >= 0.3 is 0 Å². The van der Waals surface area contributed by atoms with Crippen LogP contribution in [-0.2, 0) is 43.0 Å². The van der Waals surface area contributed by atoms with Crippen LogP contribution in [0.3, 0.4) is 0 Å². The van der Waals surface area contributed by atoms with Crippen molar-refractivity contribution in [2.75, 3.05) is 34.4 Å². The van der Waals surface area contributed by atoms with Crippen molar-refractivity contribution in [2.45, 2.75) is 155 Å². The fourth-order valence-electron chi connectivity index (χ4n) is 9.07. The lowest BCUT2D eigenvalue weighted by Crippen LogP contribution is -2.55. The molecule has 1 fully saturated rings. The number of allylic oxidation sites excluding steroid dienone is 6. The Hall–Kier alpha value is -4.23. The van der Waals surface area contributed by atoms with Crippen molar-refractivity contribution in [3.8, 4) is 0 Å². The molecule has 0 aromatic heterocycles. The number of carbonyl (C=O) groups excluding carboxylic acids is 7. The van der Waals surface area contributed by atoms with E-state index in [-0.39, 0.29) is 84.2 Å². The van der Waals surface area contributed by atoms with Crippen molar-refractivity contribution in [3.63, 3.8) is 0 Å². The molecule has 7 atom stereocenters. The zero-order chi connectivity index (χ0) is 46.1. The first-order chi connectivity index (χ1) is 29.4. The molecule has 1 saturated heterocycles. The molecular formula is C49H76N4O9. The largest absolute Gasteiger partial charge is 0.379 e. The number of amides is 5. The highest BCUT2D eigenvalue weighted by Gasteiger charge is 2.43. The van der Waals surface area contributed by atoms with Crippen LogP contribution in [0.4, 0.5) is 0 Å². The third-order valence-corrected chi connectivity index (χ3v) is 13.2. The van der Waals surface area contributed by atoms with E-state index < -0.39 is 29.7 Å². The zero-order valence-corrected chi connectivity index (χ0v) is 39.2. The monoisotopic (exact) mass is 865 g/mol. The fourth-order valence-corrected chi connectivity index (χ4v) is 9.07. The molecule has 13 nitrogen and oxygen atoms in total. The predicted octanol–water partition coefficient (Wildman–Crippen LogP) is 6.56. The highest BCUT2D eigenvalue weighted by Crippen LogP contribution is 2.32. The number of likely N-dealkylation sites (tertiary alicyclic amines) is 1. The molecule has 0 bridgehead atoms. The summed E-state index contributed by atoms with van der Waals surface area (Å²) >= 11 is 0. The topological polar surface area (TPSA) is 160 Å². The minimum Gasteiger partial charge on any atom is -0.379 e. The van der Waals surface area contributed by atoms with Gasteiger partial charge in [-0.3, -0.25) is 38.5 Å². The molecule has 0 saturated carbocycles. The second kappa shape index (κ2) is 25.2. The molecule has 13 heteroatoms. The van der Waals surface area contributed by atoms with Crippen LogP contribution in [0.1, 0.15) is 126 Å². The summed E-state index contributed by atoms with van der Waals surface area (Å²) in [6.07, 6.45) is 20.0. The van der Waals surface area contributed by atoms with E-state index in [4.69, 9.17) is 9.47 Å². The normalized spacial score (nSPS) is 19.7. The highest BCUT2D eigenvalue weighted by molar-refractivity contribution is 6.12. The summed E-state index contributed by atoms with van der Waals surface area (Å²) in [5, 5.41) is 2.85. The van der Waals surface area contributed by atoms with E-state index in [9.17, 15) is 33.6 Å². The van der Waals surface area contributed by atoms with E-state index in [1.54, 1.807) is 40.0 Å². The van der Waals surface area contributed by atoms with Gasteiger partial charge in [-0.1, -0.05) is 83.9 Å². The van der Waals surface area contributed by atoms with Crippen LogP contribution in [-0.4, -0.2) is 120 Å². The van der Waals surface area contributed by atoms with E-state index >= 15 is 0 Å². The predicted molar refractivity (Wildman–Crippen MR) is 240 cm³/mol. The Morgan fingerprint density at radius 1 is 0.871 bits per heavy atom. The van der Waals surface area contributed by atoms with E-state index in [1.165, 1.54) is 17.1 Å². The molecule has 0 radical (unpaired) electrons. The molecule has 0 aromatic rings. The second-order valence-corrected chi connectivity index (χ2v) is 18.4. The number of Topliss-reactive ketones (excluding diaryl/α,β-unsaturated/α-hetero) is 2. The first-order valence-electron chi connectivity index (χ1n) is 22.9. The number of nitrogens with one attached hydrogen (secondary N) is 1. The molecule has 0 aromatic carbocycles. The summed E-state index contributed by atoms with van der Waals surface area (Å²) in [6.45, 7) is 13.9. The molecule has 2 heterocycles. The minimum absolute atomic E-state index is 0.0335. The van der Waals surface area contributed by atoms with Crippen LogP contribution in [0.15, 0.2) is 48.6 Å². The van der Waals surface area contributed by atoms with Crippen LogP contribution in [0, 0.1) is 29.6 Å². The SMILES string of the molecule is CC[C@H](C)[C@@H]([C@@H](CC(=O)N1CCC[C@H]1[C@H](OC)[C@@H](C)C(=O)CCCC1C=CC=CC=C1)OC)N(C)C(=O)[C@@H](CC(=O)C(C)(C)NC(=O)CCCCCN1C(=O)C=CC1=O)C(C)C. The number of nitrogens with zero attached hydrogens (tertiary/aromatic N) is 3. The minimum atomic E-state index is -1.23. The van der Waals surface area contributed by atoms with Crippen molar-refractivity contribution in [1.82, 2.24) is 20.0 Å². The van der Waals surface area contributed by atoms with Gasteiger partial charge in [0, 0.05) is 77.6 Å². The zero-order valence-electron chi connectivity index (χ0n) is 39.2. The number of ether oxygens (including phenoxy) is 2. The molecule has 3 rings (SSSR count). The van der Waals surface area contributed by atoms with Crippen LogP contribution in [0.5, 0.6) is 0 Å². The summed E-state index contributed by atoms with van der Waals surface area (Å²) < 4.78 is 12.0. The van der Waals surface area contributed by atoms with E-state index in [0.29, 0.717) is 51.1 Å². The van der Waals surface area contributed by atoms with Gasteiger partial charge in [0.15, 0.2) is 5.78 Å². The Kier molecular flexibility index (Phi) is 21.2. The third-order valence-electron chi connectivity index (χ3n) is 13.2. The molecule has 2 aliphatic heterocycles. The Morgan fingerprint density at radius 3 is 2.10 bits per heavy atom. The highest BCUT2D eigenvalue weighted by atomic mass is 16.5. The Morgan fingerprint density at radius 2 is 1.52 bits per heavy atom. The standard InChI is InChI=1S/C49H76N4O9/c1-11-34(4)46(40(61-9)32-45(59)52-30-20-24-38(52)47(62-10)35(5)39(54)25-19-23-36-21-15-12-13-16-22-36)51(8)48(60)37(33(2)3)31-41(55)49(6,7)50-42(56)26-17-14-18-29-53-43(57)27-28-44(53)58/h12-13,15-16,21-22,27-28,33-38,40,46-47H,11,14,17-20,23-26,29-32H2,1-10H3,(H,50,56)/t34-,35-,37-,38-,40+,46-,47+/m0/s1. The van der Waals surface area contributed by atoms with E-state index in [1.807, 2.05) is 63.8 Å². The van der Waals surface area contributed by atoms with Crippen molar-refractivity contribution in [3.05, 3.63) is 48.6 Å². The maximum Gasteiger partial charge on any atom is 0.253 e.